The van der Waals surface area contributed by atoms with Gasteiger partial charge in [-0.3, -0.25) is 13.9 Å². The predicted molar refractivity (Wildman–Crippen MR) is 192 cm³/mol. The van der Waals surface area contributed by atoms with Gasteiger partial charge in [-0.05, 0) is 86.3 Å². The maximum Gasteiger partial charge on any atom is 0.264 e. The van der Waals surface area contributed by atoms with Gasteiger partial charge in [0.15, 0.2) is 0 Å². The van der Waals surface area contributed by atoms with Gasteiger partial charge in [0.2, 0.25) is 11.8 Å². The number of nitrogens with zero attached hydrogens (tertiary/aromatic N) is 2. The first-order valence-corrected chi connectivity index (χ1v) is 18.6. The van der Waals surface area contributed by atoms with Gasteiger partial charge in [0, 0.05) is 23.5 Å². The van der Waals surface area contributed by atoms with Gasteiger partial charge in [-0.1, -0.05) is 88.9 Å². The molecule has 5 rings (SSSR count). The molecule has 1 atom stereocenters. The van der Waals surface area contributed by atoms with Crippen molar-refractivity contribution in [2.24, 2.45) is 0 Å². The summed E-state index contributed by atoms with van der Waals surface area (Å²) in [6, 6.07) is 29.5. The molecule has 8 nitrogen and oxygen atoms in total. The number of hydrogen-bond acceptors (Lipinski definition) is 5. The Bertz CT molecular complexity index is 1760. The molecule has 0 bridgehead atoms. The summed E-state index contributed by atoms with van der Waals surface area (Å²) in [7, 11) is -4.21. The Morgan fingerprint density at radius 2 is 1.52 bits per heavy atom. The number of ether oxygens (including phenoxy) is 1. The van der Waals surface area contributed by atoms with Crippen molar-refractivity contribution in [2.75, 3.05) is 17.5 Å². The lowest BCUT2D eigenvalue weighted by Crippen LogP contribution is -2.54. The number of halogens is 1. The lowest BCUT2D eigenvalue weighted by molar-refractivity contribution is -0.140. The van der Waals surface area contributed by atoms with Crippen LogP contribution in [-0.4, -0.2) is 50.4 Å². The third kappa shape index (κ3) is 9.05. The number of anilines is 1. The number of carbonyl (C=O) groups is 2. The summed E-state index contributed by atoms with van der Waals surface area (Å²) in [5, 5.41) is 3.21. The van der Waals surface area contributed by atoms with Crippen LogP contribution >= 0.6 is 15.9 Å². The van der Waals surface area contributed by atoms with E-state index < -0.39 is 28.5 Å². The second-order valence-corrected chi connectivity index (χ2v) is 14.9. The fourth-order valence-electron chi connectivity index (χ4n) is 5.95. The fraction of sp³-hybridized carbons (Fsp3) is 0.316. The van der Waals surface area contributed by atoms with Gasteiger partial charge in [-0.15, -0.1) is 0 Å². The number of aryl methyl sites for hydroxylation is 1. The largest absolute Gasteiger partial charge is 0.494 e. The summed E-state index contributed by atoms with van der Waals surface area (Å²) in [6.07, 6.45) is 4.16. The van der Waals surface area contributed by atoms with Crippen molar-refractivity contribution in [1.82, 2.24) is 10.2 Å². The van der Waals surface area contributed by atoms with E-state index in [-0.39, 0.29) is 29.8 Å². The first-order valence-electron chi connectivity index (χ1n) is 16.3. The Kier molecular flexibility index (Phi) is 11.9. The highest BCUT2D eigenvalue weighted by molar-refractivity contribution is 9.10. The minimum Gasteiger partial charge on any atom is -0.494 e. The van der Waals surface area contributed by atoms with Crippen molar-refractivity contribution in [3.63, 3.8) is 0 Å². The summed E-state index contributed by atoms with van der Waals surface area (Å²) in [6.45, 7) is 3.83. The topological polar surface area (TPSA) is 96.0 Å². The van der Waals surface area contributed by atoms with Gasteiger partial charge in [0.05, 0.1) is 17.2 Å². The van der Waals surface area contributed by atoms with E-state index in [0.717, 1.165) is 51.2 Å². The first kappa shape index (κ1) is 35.2. The number of nitrogens with one attached hydrogen (secondary N) is 1. The highest BCUT2D eigenvalue weighted by atomic mass is 79.9. The van der Waals surface area contributed by atoms with Crippen LogP contribution in [0.4, 0.5) is 5.69 Å². The van der Waals surface area contributed by atoms with Crippen molar-refractivity contribution in [2.45, 2.75) is 69.5 Å². The van der Waals surface area contributed by atoms with Gasteiger partial charge in [-0.2, -0.15) is 0 Å². The molecular formula is C38H42BrN3O5S. The zero-order valence-corrected chi connectivity index (χ0v) is 29.8. The van der Waals surface area contributed by atoms with E-state index in [0.29, 0.717) is 18.0 Å². The zero-order valence-electron chi connectivity index (χ0n) is 27.3. The molecular weight excluding hydrogens is 690 g/mol. The lowest BCUT2D eigenvalue weighted by Gasteiger charge is -2.34. The molecule has 1 N–H and O–H groups in total. The van der Waals surface area contributed by atoms with Crippen molar-refractivity contribution in [1.29, 1.82) is 0 Å². The van der Waals surface area contributed by atoms with Gasteiger partial charge in [0.25, 0.3) is 10.0 Å². The molecule has 1 unspecified atom stereocenters. The van der Waals surface area contributed by atoms with Crippen molar-refractivity contribution in [3.05, 3.63) is 124 Å². The number of rotatable bonds is 14. The van der Waals surface area contributed by atoms with Crippen LogP contribution in [0.2, 0.25) is 0 Å². The second kappa shape index (κ2) is 16.3. The van der Waals surface area contributed by atoms with Gasteiger partial charge < -0.3 is 15.0 Å². The molecule has 0 heterocycles. The molecule has 1 aliphatic carbocycles. The van der Waals surface area contributed by atoms with Crippen LogP contribution < -0.4 is 14.4 Å². The number of carbonyl (C=O) groups excluding carboxylic acids is 2. The van der Waals surface area contributed by atoms with Gasteiger partial charge >= 0.3 is 0 Å². The molecule has 0 spiro atoms. The second-order valence-electron chi connectivity index (χ2n) is 12.1. The summed E-state index contributed by atoms with van der Waals surface area (Å²) in [5.74, 6) is -0.185. The average Bonchev–Trinajstić information content (AvgIpc) is 3.60. The molecule has 0 aromatic heterocycles. The van der Waals surface area contributed by atoms with Crippen molar-refractivity contribution >= 4 is 43.5 Å². The van der Waals surface area contributed by atoms with Crippen LogP contribution in [0.1, 0.15) is 49.3 Å². The maximum atomic E-state index is 14.7. The molecule has 48 heavy (non-hydrogen) atoms. The minimum absolute atomic E-state index is 0.0265. The van der Waals surface area contributed by atoms with Crippen molar-refractivity contribution < 1.29 is 22.7 Å². The average molecular weight is 733 g/mol. The quantitative estimate of drug-likeness (QED) is 0.150. The summed E-state index contributed by atoms with van der Waals surface area (Å²) in [5.41, 5.74) is 3.01. The van der Waals surface area contributed by atoms with E-state index >= 15 is 0 Å². The smallest absolute Gasteiger partial charge is 0.264 e. The highest BCUT2D eigenvalue weighted by Crippen LogP contribution is 2.27. The molecule has 1 fully saturated rings. The predicted octanol–water partition coefficient (Wildman–Crippen LogP) is 7.05. The van der Waals surface area contributed by atoms with E-state index in [4.69, 9.17) is 4.74 Å². The Hall–Kier alpha value is -4.15. The van der Waals surface area contributed by atoms with Crippen LogP contribution in [0.5, 0.6) is 5.75 Å². The van der Waals surface area contributed by atoms with Crippen LogP contribution in [0, 0.1) is 6.92 Å². The van der Waals surface area contributed by atoms with E-state index in [1.54, 1.807) is 24.3 Å². The molecule has 1 saturated carbocycles. The van der Waals surface area contributed by atoms with E-state index in [1.807, 2.05) is 80.6 Å². The van der Waals surface area contributed by atoms with Crippen LogP contribution in [0.25, 0.3) is 0 Å². The zero-order chi connectivity index (χ0) is 34.1. The molecule has 0 aliphatic heterocycles. The third-order valence-corrected chi connectivity index (χ3v) is 10.9. The highest BCUT2D eigenvalue weighted by Gasteiger charge is 2.35. The molecule has 2 amide bonds. The van der Waals surface area contributed by atoms with E-state index in [9.17, 15) is 18.0 Å². The standard InChI is InChI=1S/C38H42BrN3O5S/c1-3-47-34-21-23-35(24-22-34)48(45,46)42(33-19-13-28(2)14-20-33)27-37(43)41(26-30-15-17-31(39)18-16-30)36(25-29-9-5-4-6-10-29)38(44)40-32-11-7-8-12-32/h4-6,9-10,13-24,32,36H,3,7-8,11-12,25-27H2,1-2H3,(H,40,44). The van der Waals surface area contributed by atoms with Gasteiger partial charge in [0.1, 0.15) is 18.3 Å². The number of hydrogen-bond donors (Lipinski definition) is 1. The van der Waals surface area contributed by atoms with E-state index in [1.165, 1.54) is 17.0 Å². The molecule has 1 aliphatic rings. The molecule has 0 saturated heterocycles. The molecule has 4 aromatic rings. The van der Waals surface area contributed by atoms with E-state index in [2.05, 4.69) is 21.2 Å². The Morgan fingerprint density at radius 3 is 2.15 bits per heavy atom. The first-order chi connectivity index (χ1) is 23.1. The molecule has 4 aromatic carbocycles. The molecule has 10 heteroatoms. The Labute approximate surface area is 292 Å². The minimum atomic E-state index is -4.21. The SMILES string of the molecule is CCOc1ccc(S(=O)(=O)N(CC(=O)N(Cc2ccc(Br)cc2)C(Cc2ccccc2)C(=O)NC2CCCC2)c2ccc(C)cc2)cc1. The van der Waals surface area contributed by atoms with Crippen LogP contribution in [0.15, 0.2) is 112 Å². The lowest BCUT2D eigenvalue weighted by atomic mass is 10.0. The van der Waals surface area contributed by atoms with Gasteiger partial charge in [-0.25, -0.2) is 8.42 Å². The normalized spacial score (nSPS) is 13.9. The summed E-state index contributed by atoms with van der Waals surface area (Å²) >= 11 is 3.48. The van der Waals surface area contributed by atoms with Crippen LogP contribution in [-0.2, 0) is 32.6 Å². The maximum absolute atomic E-state index is 14.7. The molecule has 0 radical (unpaired) electrons. The molecule has 252 valence electrons. The Morgan fingerprint density at radius 1 is 0.875 bits per heavy atom. The fourth-order valence-corrected chi connectivity index (χ4v) is 7.63. The number of amides is 2. The summed E-state index contributed by atoms with van der Waals surface area (Å²) < 4.78 is 36.1. The monoisotopic (exact) mass is 731 g/mol. The van der Waals surface area contributed by atoms with Crippen LogP contribution in [0.3, 0.4) is 0 Å². The number of benzene rings is 4. The Balaban J connectivity index is 1.55. The van der Waals surface area contributed by atoms with Crippen molar-refractivity contribution in [3.8, 4) is 5.75 Å². The summed E-state index contributed by atoms with van der Waals surface area (Å²) in [4.78, 5) is 30.4. The number of sulfonamides is 1. The third-order valence-electron chi connectivity index (χ3n) is 8.56.